The van der Waals surface area contributed by atoms with Crippen molar-refractivity contribution < 1.29 is 4.79 Å². The number of carbonyl (C=O) groups is 1. The second-order valence-corrected chi connectivity index (χ2v) is 2.50. The zero-order valence-electron chi connectivity index (χ0n) is 6.79. The zero-order chi connectivity index (χ0) is 8.97. The molecule has 2 nitrogen and oxygen atoms in total. The molecule has 0 radical (unpaired) electrons. The topological polar surface area (TPSA) is 43.1 Å². The number of Topliss-reactive ketones (excluding diaryl/α,β-unsaturated/α-hetero) is 1. The molecule has 1 rings (SSSR count). The van der Waals surface area contributed by atoms with Gasteiger partial charge in [-0.1, -0.05) is 18.2 Å². The molecule has 0 saturated carbocycles. The summed E-state index contributed by atoms with van der Waals surface area (Å²) in [4.78, 5) is 11.3. The quantitative estimate of drug-likeness (QED) is 0.418. The number of hydrogen-bond donors (Lipinski definition) is 1. The van der Waals surface area contributed by atoms with Crippen molar-refractivity contribution in [2.75, 3.05) is 5.73 Å². The lowest BCUT2D eigenvalue weighted by Crippen LogP contribution is -2.01. The summed E-state index contributed by atoms with van der Waals surface area (Å²) in [5.74, 6) is 0.0168. The molecule has 0 bridgehead atoms. The van der Waals surface area contributed by atoms with Crippen LogP contribution in [0.1, 0.15) is 16.8 Å². The maximum atomic E-state index is 11.3. The van der Waals surface area contributed by atoms with Gasteiger partial charge in [0.15, 0.2) is 5.78 Å². The summed E-state index contributed by atoms with van der Waals surface area (Å²) in [7, 11) is 0. The molecule has 2 heteroatoms. The molecular weight excluding hydrogens is 150 g/mol. The average Bonchev–Trinajstić information content (AvgIpc) is 2.05. The predicted molar refractivity (Wildman–Crippen MR) is 50.0 cm³/mol. The van der Waals surface area contributed by atoms with E-state index in [9.17, 15) is 4.79 Å². The lowest BCUT2D eigenvalue weighted by molar-refractivity contribution is 0.0997. The molecular formula is C10H11NO. The molecule has 0 aliphatic carbocycles. The molecule has 62 valence electrons. The maximum Gasteiger partial charge on any atom is 0.168 e. The Morgan fingerprint density at radius 2 is 2.17 bits per heavy atom. The second-order valence-electron chi connectivity index (χ2n) is 2.50. The fraction of sp³-hybridized carbons (Fsp3) is 0.100. The van der Waals surface area contributed by atoms with Gasteiger partial charge in [-0.2, -0.15) is 0 Å². The highest BCUT2D eigenvalue weighted by atomic mass is 16.1. The predicted octanol–water partition coefficient (Wildman–Crippen LogP) is 2.03. The van der Waals surface area contributed by atoms with Gasteiger partial charge in [-0.3, -0.25) is 4.79 Å². The van der Waals surface area contributed by atoms with Crippen molar-refractivity contribution in [3.05, 3.63) is 42.5 Å². The molecule has 0 aliphatic rings. The number of anilines is 1. The lowest BCUT2D eigenvalue weighted by atomic mass is 10.1. The Morgan fingerprint density at radius 3 is 2.75 bits per heavy atom. The van der Waals surface area contributed by atoms with Crippen LogP contribution in [0.4, 0.5) is 5.69 Å². The van der Waals surface area contributed by atoms with Crippen LogP contribution in [0.5, 0.6) is 0 Å². The molecule has 0 amide bonds. The second kappa shape index (κ2) is 3.72. The number of nitrogen functional groups attached to an aromatic ring is 1. The van der Waals surface area contributed by atoms with E-state index in [1.54, 1.807) is 30.3 Å². The molecule has 0 unspecified atom stereocenters. The lowest BCUT2D eigenvalue weighted by Gasteiger charge is -2.00. The third-order valence-corrected chi connectivity index (χ3v) is 1.59. The summed E-state index contributed by atoms with van der Waals surface area (Å²) >= 11 is 0. The fourth-order valence-electron chi connectivity index (χ4n) is 0.992. The van der Waals surface area contributed by atoms with Crippen molar-refractivity contribution in [2.45, 2.75) is 6.42 Å². The minimum Gasteiger partial charge on any atom is -0.398 e. The Kier molecular flexibility index (Phi) is 2.64. The van der Waals surface area contributed by atoms with Crippen molar-refractivity contribution in [3.8, 4) is 0 Å². The number of carbonyl (C=O) groups excluding carboxylic acids is 1. The Hall–Kier alpha value is -1.57. The van der Waals surface area contributed by atoms with Crippen LogP contribution in [-0.2, 0) is 0 Å². The Labute approximate surface area is 71.7 Å². The van der Waals surface area contributed by atoms with Crippen LogP contribution in [0, 0.1) is 0 Å². The Balaban J connectivity index is 2.94. The molecule has 0 fully saturated rings. The highest BCUT2D eigenvalue weighted by Gasteiger charge is 2.05. The summed E-state index contributed by atoms with van der Waals surface area (Å²) in [6.07, 6.45) is 1.92. The number of rotatable bonds is 3. The molecule has 0 heterocycles. The maximum absolute atomic E-state index is 11.3. The standard InChI is InChI=1S/C10H11NO/c1-2-5-10(12)8-6-3-4-7-9(8)11/h2-4,6-7H,1,5,11H2. The van der Waals surface area contributed by atoms with Crippen molar-refractivity contribution in [1.82, 2.24) is 0 Å². The summed E-state index contributed by atoms with van der Waals surface area (Å²) < 4.78 is 0. The first kappa shape index (κ1) is 8.53. The van der Waals surface area contributed by atoms with Crippen LogP contribution in [0.25, 0.3) is 0 Å². The molecule has 12 heavy (non-hydrogen) atoms. The average molecular weight is 161 g/mol. The summed E-state index contributed by atoms with van der Waals surface area (Å²) in [6, 6.07) is 7.05. The van der Waals surface area contributed by atoms with E-state index in [0.717, 1.165) is 0 Å². The monoisotopic (exact) mass is 161 g/mol. The van der Waals surface area contributed by atoms with Gasteiger partial charge in [0, 0.05) is 17.7 Å². The first-order chi connectivity index (χ1) is 5.75. The van der Waals surface area contributed by atoms with Crippen molar-refractivity contribution >= 4 is 11.5 Å². The normalized spacial score (nSPS) is 9.33. The highest BCUT2D eigenvalue weighted by molar-refractivity contribution is 6.01. The van der Waals surface area contributed by atoms with Gasteiger partial charge in [0.05, 0.1) is 0 Å². The highest BCUT2D eigenvalue weighted by Crippen LogP contribution is 2.12. The number of benzene rings is 1. The first-order valence-electron chi connectivity index (χ1n) is 3.74. The van der Waals surface area contributed by atoms with Gasteiger partial charge in [0.2, 0.25) is 0 Å². The largest absolute Gasteiger partial charge is 0.398 e. The fourth-order valence-corrected chi connectivity index (χ4v) is 0.992. The smallest absolute Gasteiger partial charge is 0.168 e. The minimum atomic E-state index is 0.0168. The van der Waals surface area contributed by atoms with E-state index in [1.807, 2.05) is 0 Å². The van der Waals surface area contributed by atoms with Gasteiger partial charge in [0.25, 0.3) is 0 Å². The van der Waals surface area contributed by atoms with Gasteiger partial charge < -0.3 is 5.73 Å². The molecule has 0 atom stereocenters. The molecule has 0 spiro atoms. The van der Waals surface area contributed by atoms with E-state index in [2.05, 4.69) is 6.58 Å². The molecule has 2 N–H and O–H groups in total. The van der Waals surface area contributed by atoms with Gasteiger partial charge >= 0.3 is 0 Å². The number of ketones is 1. The summed E-state index contributed by atoms with van der Waals surface area (Å²) in [5, 5.41) is 0. The van der Waals surface area contributed by atoms with Gasteiger partial charge in [-0.15, -0.1) is 6.58 Å². The summed E-state index contributed by atoms with van der Waals surface area (Å²) in [5.41, 5.74) is 6.71. The van der Waals surface area contributed by atoms with E-state index in [4.69, 9.17) is 5.73 Å². The van der Waals surface area contributed by atoms with Crippen LogP contribution in [-0.4, -0.2) is 5.78 Å². The van der Waals surface area contributed by atoms with E-state index in [0.29, 0.717) is 17.7 Å². The number of hydrogen-bond acceptors (Lipinski definition) is 2. The number of para-hydroxylation sites is 1. The van der Waals surface area contributed by atoms with Crippen LogP contribution >= 0.6 is 0 Å². The van der Waals surface area contributed by atoms with E-state index in [-0.39, 0.29) is 5.78 Å². The van der Waals surface area contributed by atoms with Gasteiger partial charge in [0.1, 0.15) is 0 Å². The minimum absolute atomic E-state index is 0.0168. The zero-order valence-corrected chi connectivity index (χ0v) is 6.79. The van der Waals surface area contributed by atoms with Crippen molar-refractivity contribution in [3.63, 3.8) is 0 Å². The molecule has 0 aromatic heterocycles. The third-order valence-electron chi connectivity index (χ3n) is 1.59. The van der Waals surface area contributed by atoms with E-state index >= 15 is 0 Å². The molecule has 0 aliphatic heterocycles. The van der Waals surface area contributed by atoms with E-state index in [1.165, 1.54) is 0 Å². The molecule has 0 saturated heterocycles. The van der Waals surface area contributed by atoms with Gasteiger partial charge in [-0.05, 0) is 12.1 Å². The van der Waals surface area contributed by atoms with Gasteiger partial charge in [-0.25, -0.2) is 0 Å². The molecule has 1 aromatic carbocycles. The third kappa shape index (κ3) is 1.72. The van der Waals surface area contributed by atoms with Crippen LogP contribution in [0.3, 0.4) is 0 Å². The van der Waals surface area contributed by atoms with Crippen LogP contribution < -0.4 is 5.73 Å². The van der Waals surface area contributed by atoms with E-state index < -0.39 is 0 Å². The van der Waals surface area contributed by atoms with Crippen LogP contribution in [0.2, 0.25) is 0 Å². The Morgan fingerprint density at radius 1 is 1.50 bits per heavy atom. The van der Waals surface area contributed by atoms with Crippen molar-refractivity contribution in [1.29, 1.82) is 0 Å². The SMILES string of the molecule is C=CCC(=O)c1ccccc1N. The number of nitrogens with two attached hydrogens (primary N) is 1. The first-order valence-corrected chi connectivity index (χ1v) is 3.74. The molecule has 1 aromatic rings. The van der Waals surface area contributed by atoms with Crippen molar-refractivity contribution in [2.24, 2.45) is 0 Å². The summed E-state index contributed by atoms with van der Waals surface area (Å²) in [6.45, 7) is 3.49. The Bertz CT molecular complexity index is 304. The van der Waals surface area contributed by atoms with Crippen LogP contribution in [0.15, 0.2) is 36.9 Å². The number of allylic oxidation sites excluding steroid dienone is 1.